The molecule has 3 nitrogen and oxygen atoms in total. The summed E-state index contributed by atoms with van der Waals surface area (Å²) in [7, 11) is 0. The summed E-state index contributed by atoms with van der Waals surface area (Å²) in [6.07, 6.45) is -0.231. The van der Waals surface area contributed by atoms with Crippen LogP contribution in [0.1, 0.15) is 18.0 Å². The van der Waals surface area contributed by atoms with Gasteiger partial charge in [-0.15, -0.1) is 12.4 Å². The Morgan fingerprint density at radius 2 is 2.20 bits per heavy atom. The Hall–Kier alpha value is -0.840. The van der Waals surface area contributed by atoms with E-state index in [-0.39, 0.29) is 23.9 Å². The molecule has 6 heteroatoms. The average Bonchev–Trinajstić information content (AvgIpc) is 2.01. The molecule has 1 aromatic carbocycles. The normalized spacial score (nSPS) is 11.7. The van der Waals surface area contributed by atoms with Gasteiger partial charge in [-0.2, -0.15) is 0 Å². The average molecular weight is 254 g/mol. The second kappa shape index (κ2) is 5.90. The van der Waals surface area contributed by atoms with Crippen molar-refractivity contribution in [1.82, 2.24) is 0 Å². The molecule has 3 N–H and O–H groups in total. The van der Waals surface area contributed by atoms with Gasteiger partial charge in [0.1, 0.15) is 5.82 Å². The fourth-order valence-electron chi connectivity index (χ4n) is 1.10. The molecule has 0 saturated carbocycles. The highest BCUT2D eigenvalue weighted by Gasteiger charge is 2.13. The SMILES string of the molecule is Cl.NC(CC(=O)O)c1ccc(F)cc1Cl. The second-order valence-corrected chi connectivity index (χ2v) is 3.28. The van der Waals surface area contributed by atoms with Crippen molar-refractivity contribution in [2.45, 2.75) is 12.5 Å². The van der Waals surface area contributed by atoms with E-state index in [2.05, 4.69) is 0 Å². The van der Waals surface area contributed by atoms with E-state index < -0.39 is 17.8 Å². The molecule has 0 spiro atoms. The number of hydrogen-bond donors (Lipinski definition) is 2. The summed E-state index contributed by atoms with van der Waals surface area (Å²) < 4.78 is 12.6. The van der Waals surface area contributed by atoms with E-state index in [1.165, 1.54) is 12.1 Å². The Kier molecular flexibility index (Phi) is 5.57. The van der Waals surface area contributed by atoms with Crippen molar-refractivity contribution in [3.05, 3.63) is 34.6 Å². The molecule has 0 aliphatic carbocycles. The van der Waals surface area contributed by atoms with Gasteiger partial charge in [0.2, 0.25) is 0 Å². The maximum atomic E-state index is 12.6. The van der Waals surface area contributed by atoms with Crippen molar-refractivity contribution >= 4 is 30.0 Å². The molecule has 0 aromatic heterocycles. The Labute approximate surface area is 97.4 Å². The number of halogens is 3. The molecule has 0 amide bonds. The highest BCUT2D eigenvalue weighted by molar-refractivity contribution is 6.31. The largest absolute Gasteiger partial charge is 0.481 e. The molecule has 0 bridgehead atoms. The summed E-state index contributed by atoms with van der Waals surface area (Å²) in [5.41, 5.74) is 6.00. The highest BCUT2D eigenvalue weighted by Crippen LogP contribution is 2.24. The number of rotatable bonds is 3. The minimum absolute atomic E-state index is 0. The molecule has 0 fully saturated rings. The van der Waals surface area contributed by atoms with Crippen LogP contribution in [0.15, 0.2) is 18.2 Å². The van der Waals surface area contributed by atoms with Crippen LogP contribution in [0.3, 0.4) is 0 Å². The zero-order valence-electron chi connectivity index (χ0n) is 7.61. The highest BCUT2D eigenvalue weighted by atomic mass is 35.5. The van der Waals surface area contributed by atoms with Crippen molar-refractivity contribution < 1.29 is 14.3 Å². The third-order valence-electron chi connectivity index (χ3n) is 1.76. The lowest BCUT2D eigenvalue weighted by Crippen LogP contribution is -2.15. The van der Waals surface area contributed by atoms with Crippen LogP contribution in [0.4, 0.5) is 4.39 Å². The minimum Gasteiger partial charge on any atom is -0.481 e. The van der Waals surface area contributed by atoms with Gasteiger partial charge in [-0.05, 0) is 17.7 Å². The number of carbonyl (C=O) groups is 1. The summed E-state index contributed by atoms with van der Waals surface area (Å²) in [5.74, 6) is -1.49. The van der Waals surface area contributed by atoms with Crippen LogP contribution in [0.5, 0.6) is 0 Å². The molecular formula is C9H10Cl2FNO2. The Bertz CT molecular complexity index is 360. The van der Waals surface area contributed by atoms with E-state index >= 15 is 0 Å². The Morgan fingerprint density at radius 3 is 2.67 bits per heavy atom. The van der Waals surface area contributed by atoms with Gasteiger partial charge in [0.25, 0.3) is 0 Å². The fourth-order valence-corrected chi connectivity index (χ4v) is 1.41. The van der Waals surface area contributed by atoms with E-state index in [1.54, 1.807) is 0 Å². The number of aliphatic carboxylic acids is 1. The number of benzene rings is 1. The van der Waals surface area contributed by atoms with Gasteiger partial charge in [-0.25, -0.2) is 4.39 Å². The zero-order chi connectivity index (χ0) is 10.7. The van der Waals surface area contributed by atoms with Crippen LogP contribution in [0.25, 0.3) is 0 Å². The quantitative estimate of drug-likeness (QED) is 0.870. The van der Waals surface area contributed by atoms with Crippen molar-refractivity contribution in [3.63, 3.8) is 0 Å². The first kappa shape index (κ1) is 14.2. The maximum Gasteiger partial charge on any atom is 0.305 e. The molecule has 0 aliphatic heterocycles. The van der Waals surface area contributed by atoms with Gasteiger partial charge < -0.3 is 10.8 Å². The molecular weight excluding hydrogens is 244 g/mol. The van der Waals surface area contributed by atoms with Crippen LogP contribution < -0.4 is 5.73 Å². The molecule has 1 rings (SSSR count). The van der Waals surface area contributed by atoms with Crippen LogP contribution in [-0.4, -0.2) is 11.1 Å². The van der Waals surface area contributed by atoms with Crippen LogP contribution in [-0.2, 0) is 4.79 Å². The van der Waals surface area contributed by atoms with Crippen LogP contribution in [0, 0.1) is 5.82 Å². The minimum atomic E-state index is -1.02. The van der Waals surface area contributed by atoms with E-state index in [0.29, 0.717) is 5.56 Å². The van der Waals surface area contributed by atoms with E-state index in [1.807, 2.05) is 0 Å². The van der Waals surface area contributed by atoms with Gasteiger partial charge in [-0.3, -0.25) is 4.79 Å². The van der Waals surface area contributed by atoms with Crippen molar-refractivity contribution in [2.24, 2.45) is 5.73 Å². The molecule has 0 saturated heterocycles. The first-order chi connectivity index (χ1) is 6.50. The summed E-state index contributed by atoms with van der Waals surface area (Å²) in [4.78, 5) is 10.4. The van der Waals surface area contributed by atoms with Gasteiger partial charge in [0.15, 0.2) is 0 Å². The molecule has 1 atom stereocenters. The zero-order valence-corrected chi connectivity index (χ0v) is 9.19. The van der Waals surface area contributed by atoms with E-state index in [4.69, 9.17) is 22.4 Å². The molecule has 15 heavy (non-hydrogen) atoms. The molecule has 0 aliphatic rings. The third kappa shape index (κ3) is 4.03. The molecule has 1 unspecified atom stereocenters. The van der Waals surface area contributed by atoms with E-state index in [9.17, 15) is 9.18 Å². The number of carboxylic acid groups (broad SMARTS) is 1. The van der Waals surface area contributed by atoms with Gasteiger partial charge in [-0.1, -0.05) is 17.7 Å². The lowest BCUT2D eigenvalue weighted by Gasteiger charge is -2.10. The van der Waals surface area contributed by atoms with Crippen LogP contribution >= 0.6 is 24.0 Å². The van der Waals surface area contributed by atoms with Crippen molar-refractivity contribution in [2.75, 3.05) is 0 Å². The predicted molar refractivity (Wildman–Crippen MR) is 57.8 cm³/mol. The smallest absolute Gasteiger partial charge is 0.305 e. The number of nitrogens with two attached hydrogens (primary N) is 1. The Morgan fingerprint density at radius 1 is 1.60 bits per heavy atom. The van der Waals surface area contributed by atoms with Crippen molar-refractivity contribution in [1.29, 1.82) is 0 Å². The summed E-state index contributed by atoms with van der Waals surface area (Å²) in [5, 5.41) is 8.65. The molecule has 0 heterocycles. The van der Waals surface area contributed by atoms with Gasteiger partial charge in [0.05, 0.1) is 6.42 Å². The molecule has 1 aromatic rings. The second-order valence-electron chi connectivity index (χ2n) is 2.87. The summed E-state index contributed by atoms with van der Waals surface area (Å²) in [6.45, 7) is 0. The number of carboxylic acids is 1. The predicted octanol–water partition coefficient (Wildman–Crippen LogP) is 2.38. The van der Waals surface area contributed by atoms with Crippen molar-refractivity contribution in [3.8, 4) is 0 Å². The first-order valence-electron chi connectivity index (χ1n) is 3.93. The lowest BCUT2D eigenvalue weighted by atomic mass is 10.0. The Balaban J connectivity index is 0.00000196. The monoisotopic (exact) mass is 253 g/mol. The molecule has 84 valence electrons. The maximum absolute atomic E-state index is 12.6. The topological polar surface area (TPSA) is 63.3 Å². The standard InChI is InChI=1S/C9H9ClFNO2.ClH/c10-7-3-5(11)1-2-6(7)8(12)4-9(13)14;/h1-3,8H,4,12H2,(H,13,14);1H. The third-order valence-corrected chi connectivity index (χ3v) is 2.08. The van der Waals surface area contributed by atoms with E-state index in [0.717, 1.165) is 6.07 Å². The fraction of sp³-hybridized carbons (Fsp3) is 0.222. The summed E-state index contributed by atoms with van der Waals surface area (Å²) in [6, 6.07) is 2.99. The van der Waals surface area contributed by atoms with Gasteiger partial charge in [0, 0.05) is 11.1 Å². The van der Waals surface area contributed by atoms with Gasteiger partial charge >= 0.3 is 5.97 Å². The number of hydrogen-bond acceptors (Lipinski definition) is 2. The lowest BCUT2D eigenvalue weighted by molar-refractivity contribution is -0.137. The molecule has 0 radical (unpaired) electrons. The van der Waals surface area contributed by atoms with Crippen LogP contribution in [0.2, 0.25) is 5.02 Å². The first-order valence-corrected chi connectivity index (χ1v) is 4.31. The summed E-state index contributed by atoms with van der Waals surface area (Å²) >= 11 is 5.69.